The Labute approximate surface area is 134 Å². The van der Waals surface area contributed by atoms with Crippen molar-refractivity contribution in [3.05, 3.63) is 41.3 Å². The van der Waals surface area contributed by atoms with Crippen LogP contribution >= 0.6 is 0 Å². The van der Waals surface area contributed by atoms with Gasteiger partial charge >= 0.3 is 0 Å². The summed E-state index contributed by atoms with van der Waals surface area (Å²) in [6.45, 7) is 2.44. The Morgan fingerprint density at radius 1 is 1.48 bits per heavy atom. The van der Waals surface area contributed by atoms with Crippen molar-refractivity contribution in [1.29, 1.82) is 0 Å². The van der Waals surface area contributed by atoms with E-state index < -0.39 is 0 Å². The number of aromatic nitrogens is 3. The van der Waals surface area contributed by atoms with Crippen LogP contribution in [-0.2, 0) is 11.8 Å². The maximum Gasteiger partial charge on any atom is 0.251 e. The van der Waals surface area contributed by atoms with E-state index in [1.165, 1.54) is 7.11 Å². The molecule has 0 unspecified atom stereocenters. The molecule has 0 bridgehead atoms. The molecular weight excluding hydrogens is 296 g/mol. The van der Waals surface area contributed by atoms with Crippen molar-refractivity contribution in [2.75, 3.05) is 13.7 Å². The fourth-order valence-electron chi connectivity index (χ4n) is 2.82. The smallest absolute Gasteiger partial charge is 0.251 e. The highest BCUT2D eigenvalue weighted by Gasteiger charge is 2.33. The first-order valence-corrected chi connectivity index (χ1v) is 7.51. The molecule has 7 nitrogen and oxygen atoms in total. The maximum absolute atomic E-state index is 12.5. The lowest BCUT2D eigenvalue weighted by molar-refractivity contribution is 0.0792. The van der Waals surface area contributed by atoms with Crippen LogP contribution in [0.1, 0.15) is 34.3 Å². The molecule has 2 aromatic rings. The number of hydrogen-bond acceptors (Lipinski definition) is 5. The van der Waals surface area contributed by atoms with Crippen LogP contribution in [0.2, 0.25) is 0 Å². The number of pyridine rings is 1. The number of aryl methyl sites for hydroxylation is 2. The molecular formula is C16H20N4O3. The van der Waals surface area contributed by atoms with E-state index in [-0.39, 0.29) is 18.1 Å². The highest BCUT2D eigenvalue weighted by Crippen LogP contribution is 2.29. The van der Waals surface area contributed by atoms with Gasteiger partial charge in [-0.05, 0) is 25.5 Å². The summed E-state index contributed by atoms with van der Waals surface area (Å²) >= 11 is 0. The summed E-state index contributed by atoms with van der Waals surface area (Å²) in [4.78, 5) is 16.7. The Kier molecular flexibility index (Phi) is 4.29. The Morgan fingerprint density at radius 3 is 3.00 bits per heavy atom. The van der Waals surface area contributed by atoms with Crippen LogP contribution in [0, 0.1) is 6.92 Å². The van der Waals surface area contributed by atoms with Gasteiger partial charge in [0.1, 0.15) is 6.10 Å². The van der Waals surface area contributed by atoms with Crippen molar-refractivity contribution in [1.82, 2.24) is 20.1 Å². The molecule has 2 atom stereocenters. The minimum atomic E-state index is -0.184. The summed E-state index contributed by atoms with van der Waals surface area (Å²) < 4.78 is 12.7. The quantitative estimate of drug-likeness (QED) is 0.922. The average Bonchev–Trinajstić information content (AvgIpc) is 3.15. The van der Waals surface area contributed by atoms with Gasteiger partial charge in [-0.1, -0.05) is 0 Å². The molecule has 0 spiro atoms. The number of nitrogens with one attached hydrogen (secondary N) is 1. The number of methoxy groups -OCH3 is 1. The summed E-state index contributed by atoms with van der Waals surface area (Å²) in [7, 11) is 3.40. The van der Waals surface area contributed by atoms with Gasteiger partial charge in [0.2, 0.25) is 5.88 Å². The van der Waals surface area contributed by atoms with Gasteiger partial charge in [-0.25, -0.2) is 4.98 Å². The number of amides is 1. The summed E-state index contributed by atoms with van der Waals surface area (Å²) in [6.07, 6.45) is 2.31. The van der Waals surface area contributed by atoms with Crippen molar-refractivity contribution >= 4 is 5.91 Å². The lowest BCUT2D eigenvalue weighted by Gasteiger charge is -2.20. The van der Waals surface area contributed by atoms with Crippen LogP contribution in [0.5, 0.6) is 5.88 Å². The van der Waals surface area contributed by atoms with Crippen molar-refractivity contribution in [2.45, 2.75) is 25.5 Å². The van der Waals surface area contributed by atoms with E-state index in [0.717, 1.165) is 17.8 Å². The Morgan fingerprint density at radius 2 is 2.30 bits per heavy atom. The molecule has 1 amide bonds. The minimum Gasteiger partial charge on any atom is -0.481 e. The van der Waals surface area contributed by atoms with Crippen molar-refractivity contribution in [3.8, 4) is 5.88 Å². The summed E-state index contributed by atoms with van der Waals surface area (Å²) in [5, 5.41) is 7.22. The molecule has 2 aromatic heterocycles. The standard InChI is InChI=1S/C16H20N4O3/c1-10-8-11(9-14(18-10)22-3)16(21)19-12-5-7-23-15(12)13-4-6-17-20(13)2/h4,6,8-9,12,15H,5,7H2,1-3H3,(H,19,21)/t12-,15-/m0/s1. The maximum atomic E-state index is 12.5. The van der Waals surface area contributed by atoms with Crippen molar-refractivity contribution < 1.29 is 14.3 Å². The van der Waals surface area contributed by atoms with Gasteiger partial charge < -0.3 is 14.8 Å². The molecule has 23 heavy (non-hydrogen) atoms. The molecule has 1 aliphatic heterocycles. The minimum absolute atomic E-state index is 0.0858. The molecule has 122 valence electrons. The second-order valence-electron chi connectivity index (χ2n) is 5.58. The van der Waals surface area contributed by atoms with Crippen LogP contribution in [-0.4, -0.2) is 40.4 Å². The first-order chi connectivity index (χ1) is 11.1. The third-order valence-electron chi connectivity index (χ3n) is 3.96. The number of carbonyl (C=O) groups is 1. The highest BCUT2D eigenvalue weighted by molar-refractivity contribution is 5.94. The van der Waals surface area contributed by atoms with Gasteiger partial charge in [0.25, 0.3) is 5.91 Å². The van der Waals surface area contributed by atoms with Crippen LogP contribution in [0.25, 0.3) is 0 Å². The molecule has 0 aromatic carbocycles. The molecule has 1 saturated heterocycles. The Bertz CT molecular complexity index is 713. The normalized spacial score (nSPS) is 20.5. The number of nitrogens with zero attached hydrogens (tertiary/aromatic N) is 3. The van der Waals surface area contributed by atoms with E-state index in [1.54, 1.807) is 23.0 Å². The predicted octanol–water partition coefficient (Wildman–Crippen LogP) is 1.39. The highest BCUT2D eigenvalue weighted by atomic mass is 16.5. The molecule has 1 N–H and O–H groups in total. The monoisotopic (exact) mass is 316 g/mol. The third-order valence-corrected chi connectivity index (χ3v) is 3.96. The topological polar surface area (TPSA) is 78.3 Å². The Balaban J connectivity index is 1.77. The van der Waals surface area contributed by atoms with E-state index in [9.17, 15) is 4.79 Å². The van der Waals surface area contributed by atoms with Crippen molar-refractivity contribution in [3.63, 3.8) is 0 Å². The van der Waals surface area contributed by atoms with Crippen molar-refractivity contribution in [2.24, 2.45) is 7.05 Å². The average molecular weight is 316 g/mol. The first kappa shape index (κ1) is 15.5. The van der Waals surface area contributed by atoms with Gasteiger partial charge in [0.05, 0.1) is 18.8 Å². The largest absolute Gasteiger partial charge is 0.481 e. The number of hydrogen-bond donors (Lipinski definition) is 1. The van der Waals surface area contributed by atoms with Crippen LogP contribution in [0.4, 0.5) is 0 Å². The van der Waals surface area contributed by atoms with Gasteiger partial charge in [0.15, 0.2) is 0 Å². The third kappa shape index (κ3) is 3.19. The van der Waals surface area contributed by atoms with Crippen LogP contribution < -0.4 is 10.1 Å². The zero-order chi connectivity index (χ0) is 16.4. The van der Waals surface area contributed by atoms with Gasteiger partial charge in [0, 0.05) is 37.2 Å². The molecule has 1 fully saturated rings. The van der Waals surface area contributed by atoms with Crippen LogP contribution in [0.3, 0.4) is 0 Å². The summed E-state index contributed by atoms with van der Waals surface area (Å²) in [6, 6.07) is 5.20. The van der Waals surface area contributed by atoms with E-state index in [2.05, 4.69) is 15.4 Å². The van der Waals surface area contributed by atoms with E-state index in [0.29, 0.717) is 18.1 Å². The second kappa shape index (κ2) is 6.37. The fourth-order valence-corrected chi connectivity index (χ4v) is 2.82. The lowest BCUT2D eigenvalue weighted by atomic mass is 10.1. The fraction of sp³-hybridized carbons (Fsp3) is 0.438. The first-order valence-electron chi connectivity index (χ1n) is 7.51. The summed E-state index contributed by atoms with van der Waals surface area (Å²) in [5.74, 6) is 0.275. The molecule has 1 aliphatic rings. The molecule has 3 heterocycles. The molecule has 0 radical (unpaired) electrons. The van der Waals surface area contributed by atoms with Gasteiger partial charge in [-0.2, -0.15) is 5.10 Å². The van der Waals surface area contributed by atoms with Gasteiger partial charge in [-0.15, -0.1) is 0 Å². The molecule has 0 saturated carbocycles. The second-order valence-corrected chi connectivity index (χ2v) is 5.58. The predicted molar refractivity (Wildman–Crippen MR) is 83.3 cm³/mol. The lowest BCUT2D eigenvalue weighted by Crippen LogP contribution is -2.37. The van der Waals surface area contributed by atoms with E-state index in [1.807, 2.05) is 20.0 Å². The molecule has 0 aliphatic carbocycles. The zero-order valence-corrected chi connectivity index (χ0v) is 13.4. The van der Waals surface area contributed by atoms with E-state index in [4.69, 9.17) is 9.47 Å². The molecule has 7 heteroatoms. The number of carbonyl (C=O) groups excluding carboxylic acids is 1. The van der Waals surface area contributed by atoms with E-state index >= 15 is 0 Å². The zero-order valence-electron chi connectivity index (χ0n) is 13.4. The molecule has 3 rings (SSSR count). The van der Waals surface area contributed by atoms with Crippen LogP contribution in [0.15, 0.2) is 24.4 Å². The number of ether oxygens (including phenoxy) is 2. The SMILES string of the molecule is COc1cc(C(=O)N[C@H]2CCO[C@@H]2c2ccnn2C)cc(C)n1. The summed E-state index contributed by atoms with van der Waals surface area (Å²) in [5.41, 5.74) is 2.22. The van der Waals surface area contributed by atoms with Gasteiger partial charge in [-0.3, -0.25) is 9.48 Å². The number of rotatable bonds is 4. The Hall–Kier alpha value is -2.41.